The molecule has 9 nitrogen and oxygen atoms in total. The first-order valence-corrected chi connectivity index (χ1v) is 8.04. The highest BCUT2D eigenvalue weighted by Crippen LogP contribution is 2.34. The number of benzene rings is 1. The average molecular weight is 365 g/mol. The van der Waals surface area contributed by atoms with Gasteiger partial charge in [-0.15, -0.1) is 0 Å². The molecule has 1 saturated heterocycles. The minimum Gasteiger partial charge on any atom is -0.493 e. The van der Waals surface area contributed by atoms with E-state index in [1.807, 2.05) is 0 Å². The van der Waals surface area contributed by atoms with E-state index in [2.05, 4.69) is 0 Å². The van der Waals surface area contributed by atoms with Crippen molar-refractivity contribution in [2.45, 2.75) is 18.9 Å². The molecular formula is C17H23N3O6. The summed E-state index contributed by atoms with van der Waals surface area (Å²) in [6, 6.07) is 2.36. The molecule has 1 unspecified atom stereocenters. The van der Waals surface area contributed by atoms with Crippen LogP contribution >= 0.6 is 0 Å². The summed E-state index contributed by atoms with van der Waals surface area (Å²) in [5.41, 5.74) is 2.36. The van der Waals surface area contributed by atoms with Gasteiger partial charge in [0.2, 0.25) is 5.91 Å². The molecule has 1 heterocycles. The minimum atomic E-state index is -0.715. The second-order valence-electron chi connectivity index (χ2n) is 6.11. The Bertz CT molecular complexity index is 719. The second-order valence-corrected chi connectivity index (χ2v) is 6.11. The van der Waals surface area contributed by atoms with Crippen molar-refractivity contribution in [1.82, 2.24) is 15.3 Å². The first-order chi connectivity index (χ1) is 12.3. The Kier molecular flexibility index (Phi) is 6.04. The highest BCUT2D eigenvalue weighted by atomic mass is 16.5. The minimum absolute atomic E-state index is 0.0359. The van der Waals surface area contributed by atoms with E-state index >= 15 is 0 Å². The summed E-state index contributed by atoms with van der Waals surface area (Å²) in [4.78, 5) is 39.3. The summed E-state index contributed by atoms with van der Waals surface area (Å²) < 4.78 is 10.6. The lowest BCUT2D eigenvalue weighted by molar-refractivity contribution is -0.137. The fraction of sp³-hybridized carbons (Fsp3) is 0.471. The molecule has 3 amide bonds. The summed E-state index contributed by atoms with van der Waals surface area (Å²) in [6.45, 7) is 0.400. The Balaban J connectivity index is 2.38. The van der Waals surface area contributed by atoms with Gasteiger partial charge >= 0.3 is 0 Å². The molecule has 1 fully saturated rings. The average Bonchev–Trinajstić information content (AvgIpc) is 2.59. The maximum atomic E-state index is 12.8. The van der Waals surface area contributed by atoms with Crippen LogP contribution < -0.4 is 15.0 Å². The number of hydrogen-bond donors (Lipinski definition) is 2. The molecule has 2 N–H and O–H groups in total. The number of nitrogens with one attached hydrogen (secondary N) is 1. The van der Waals surface area contributed by atoms with Crippen LogP contribution in [0.3, 0.4) is 0 Å². The lowest BCUT2D eigenvalue weighted by Crippen LogP contribution is -2.57. The summed E-state index contributed by atoms with van der Waals surface area (Å²) in [6.07, 6.45) is 0.506. The van der Waals surface area contributed by atoms with Crippen molar-refractivity contribution in [2.24, 2.45) is 0 Å². The van der Waals surface area contributed by atoms with Crippen molar-refractivity contribution in [3.05, 3.63) is 23.3 Å². The number of likely N-dealkylation sites (N-methyl/N-ethyl adjacent to an activating group) is 1. The summed E-state index contributed by atoms with van der Waals surface area (Å²) in [5, 5.41) is 8.77. The first kappa shape index (κ1) is 19.5. The first-order valence-electron chi connectivity index (χ1n) is 8.04. The van der Waals surface area contributed by atoms with Gasteiger partial charge in [-0.2, -0.15) is 0 Å². The van der Waals surface area contributed by atoms with Gasteiger partial charge in [-0.25, -0.2) is 5.48 Å². The SMILES string of the molecule is COc1cc(C(=O)N2CCC2C(=O)NO)cc(CC(=O)N(C)C)c1OC. The zero-order chi connectivity index (χ0) is 19.4. The van der Waals surface area contributed by atoms with Crippen molar-refractivity contribution in [1.29, 1.82) is 0 Å². The van der Waals surface area contributed by atoms with Crippen molar-refractivity contribution in [2.75, 3.05) is 34.9 Å². The van der Waals surface area contributed by atoms with Crippen LogP contribution in [0, 0.1) is 0 Å². The molecule has 0 bridgehead atoms. The highest BCUT2D eigenvalue weighted by molar-refractivity contribution is 5.99. The van der Waals surface area contributed by atoms with Crippen LogP contribution in [-0.4, -0.2) is 73.6 Å². The Morgan fingerprint density at radius 2 is 1.96 bits per heavy atom. The van der Waals surface area contributed by atoms with E-state index in [-0.39, 0.29) is 23.8 Å². The number of rotatable bonds is 6. The fourth-order valence-corrected chi connectivity index (χ4v) is 2.76. The predicted octanol–water partition coefficient (Wildman–Crippen LogP) is 0.0544. The Hall–Kier alpha value is -2.81. The van der Waals surface area contributed by atoms with Gasteiger partial charge in [0.1, 0.15) is 6.04 Å². The van der Waals surface area contributed by atoms with Crippen LogP contribution in [0.2, 0.25) is 0 Å². The van der Waals surface area contributed by atoms with E-state index < -0.39 is 11.9 Å². The van der Waals surface area contributed by atoms with Crippen LogP contribution in [-0.2, 0) is 16.0 Å². The van der Waals surface area contributed by atoms with Gasteiger partial charge in [-0.05, 0) is 18.6 Å². The van der Waals surface area contributed by atoms with Gasteiger partial charge in [0.25, 0.3) is 11.8 Å². The van der Waals surface area contributed by atoms with Crippen LogP contribution in [0.1, 0.15) is 22.3 Å². The topological polar surface area (TPSA) is 108 Å². The quantitative estimate of drug-likeness (QED) is 0.545. The molecule has 1 aliphatic heterocycles. The third-order valence-electron chi connectivity index (χ3n) is 4.34. The Morgan fingerprint density at radius 1 is 1.27 bits per heavy atom. The molecule has 1 aromatic rings. The third kappa shape index (κ3) is 3.72. The molecule has 9 heteroatoms. The fourth-order valence-electron chi connectivity index (χ4n) is 2.76. The van der Waals surface area contributed by atoms with E-state index in [0.29, 0.717) is 30.0 Å². The zero-order valence-electron chi connectivity index (χ0n) is 15.2. The van der Waals surface area contributed by atoms with E-state index in [4.69, 9.17) is 14.7 Å². The lowest BCUT2D eigenvalue weighted by Gasteiger charge is -2.39. The Labute approximate surface area is 151 Å². The third-order valence-corrected chi connectivity index (χ3v) is 4.34. The maximum Gasteiger partial charge on any atom is 0.266 e. The number of carbonyl (C=O) groups is 3. The molecule has 0 radical (unpaired) electrons. The summed E-state index contributed by atoms with van der Waals surface area (Å²) >= 11 is 0. The number of hydroxylamine groups is 1. The molecular weight excluding hydrogens is 342 g/mol. The van der Waals surface area contributed by atoms with Gasteiger partial charge in [-0.3, -0.25) is 19.6 Å². The van der Waals surface area contributed by atoms with Crippen molar-refractivity contribution < 1.29 is 29.1 Å². The van der Waals surface area contributed by atoms with Gasteiger partial charge in [0.15, 0.2) is 11.5 Å². The number of ether oxygens (including phenoxy) is 2. The number of nitrogens with zero attached hydrogens (tertiary/aromatic N) is 2. The van der Waals surface area contributed by atoms with Crippen LogP contribution in [0.4, 0.5) is 0 Å². The van der Waals surface area contributed by atoms with Crippen LogP contribution in [0.5, 0.6) is 11.5 Å². The smallest absolute Gasteiger partial charge is 0.266 e. The predicted molar refractivity (Wildman–Crippen MR) is 91.3 cm³/mol. The van der Waals surface area contributed by atoms with E-state index in [9.17, 15) is 14.4 Å². The normalized spacial score (nSPS) is 15.7. The second kappa shape index (κ2) is 8.05. The molecule has 0 saturated carbocycles. The van der Waals surface area contributed by atoms with E-state index in [1.165, 1.54) is 30.1 Å². The number of carbonyl (C=O) groups excluding carboxylic acids is 3. The van der Waals surface area contributed by atoms with Crippen molar-refractivity contribution in [3.8, 4) is 11.5 Å². The van der Waals surface area contributed by atoms with Gasteiger partial charge in [0.05, 0.1) is 20.6 Å². The Morgan fingerprint density at radius 3 is 2.42 bits per heavy atom. The molecule has 26 heavy (non-hydrogen) atoms. The van der Waals surface area contributed by atoms with Crippen LogP contribution in [0.15, 0.2) is 12.1 Å². The van der Waals surface area contributed by atoms with E-state index in [0.717, 1.165) is 0 Å². The molecule has 142 valence electrons. The number of hydrogen-bond acceptors (Lipinski definition) is 6. The monoisotopic (exact) mass is 365 g/mol. The van der Waals surface area contributed by atoms with Gasteiger partial charge < -0.3 is 19.3 Å². The maximum absolute atomic E-state index is 12.8. The molecule has 1 aromatic carbocycles. The van der Waals surface area contributed by atoms with Gasteiger partial charge in [-0.1, -0.05) is 0 Å². The number of methoxy groups -OCH3 is 2. The van der Waals surface area contributed by atoms with Gasteiger partial charge in [0, 0.05) is 31.8 Å². The lowest BCUT2D eigenvalue weighted by atomic mass is 9.98. The highest BCUT2D eigenvalue weighted by Gasteiger charge is 2.38. The summed E-state index contributed by atoms with van der Waals surface area (Å²) in [5.74, 6) is -0.468. The molecule has 1 atom stereocenters. The van der Waals surface area contributed by atoms with Crippen molar-refractivity contribution in [3.63, 3.8) is 0 Å². The summed E-state index contributed by atoms with van der Waals surface area (Å²) in [7, 11) is 6.17. The standard InChI is InChI=1S/C17H23N3O6/c1-19(2)14(21)9-10-7-11(8-13(25-3)15(10)26-4)17(23)20-6-5-12(20)16(22)18-24/h7-8,12,24H,5-6,9H2,1-4H3,(H,18,22). The van der Waals surface area contributed by atoms with Crippen LogP contribution in [0.25, 0.3) is 0 Å². The zero-order valence-corrected chi connectivity index (χ0v) is 15.2. The molecule has 1 aliphatic rings. The number of likely N-dealkylation sites (tertiary alicyclic amines) is 1. The largest absolute Gasteiger partial charge is 0.493 e. The number of amides is 3. The molecule has 0 spiro atoms. The molecule has 0 aromatic heterocycles. The molecule has 0 aliphatic carbocycles. The molecule has 2 rings (SSSR count). The van der Waals surface area contributed by atoms with Crippen molar-refractivity contribution >= 4 is 17.7 Å². The van der Waals surface area contributed by atoms with E-state index in [1.54, 1.807) is 25.6 Å².